The maximum Gasteiger partial charge on any atom is 0.416 e. The van der Waals surface area contributed by atoms with E-state index >= 15 is 0 Å². The summed E-state index contributed by atoms with van der Waals surface area (Å²) in [5, 5.41) is 4.41. The Morgan fingerprint density at radius 3 is 2.71 bits per heavy atom. The molecule has 0 saturated carbocycles. The first-order valence-electron chi connectivity index (χ1n) is 10.7. The van der Waals surface area contributed by atoms with E-state index in [4.69, 9.17) is 9.57 Å². The molecule has 0 amide bonds. The quantitative estimate of drug-likeness (QED) is 0.507. The van der Waals surface area contributed by atoms with Crippen LogP contribution in [-0.2, 0) is 17.6 Å². The maximum absolute atomic E-state index is 13.3. The molecule has 5 rings (SSSR count). The van der Waals surface area contributed by atoms with Crippen LogP contribution in [0.15, 0.2) is 41.6 Å². The van der Waals surface area contributed by atoms with Gasteiger partial charge in [-0.15, -0.1) is 0 Å². The van der Waals surface area contributed by atoms with Gasteiger partial charge in [0.1, 0.15) is 19.0 Å². The van der Waals surface area contributed by atoms with Crippen LogP contribution in [0.25, 0.3) is 0 Å². The van der Waals surface area contributed by atoms with Gasteiger partial charge in [0.2, 0.25) is 0 Å². The summed E-state index contributed by atoms with van der Waals surface area (Å²) in [7, 11) is 0. The second-order valence-corrected chi connectivity index (χ2v) is 8.10. The minimum absolute atomic E-state index is 0.293. The Labute approximate surface area is 179 Å². The van der Waals surface area contributed by atoms with E-state index < -0.39 is 11.7 Å². The third-order valence-electron chi connectivity index (χ3n) is 6.11. The minimum Gasteiger partial charge on any atom is -0.487 e. The molecule has 2 aromatic carbocycles. The molecule has 0 bridgehead atoms. The zero-order valence-electron chi connectivity index (χ0n) is 17.1. The molecule has 1 saturated heterocycles. The third kappa shape index (κ3) is 3.96. The maximum atomic E-state index is 13.3. The topological polar surface area (TPSA) is 37.3 Å². The van der Waals surface area contributed by atoms with Gasteiger partial charge >= 0.3 is 6.18 Å². The van der Waals surface area contributed by atoms with Crippen LogP contribution in [0.1, 0.15) is 36.0 Å². The molecule has 2 aromatic rings. The largest absolute Gasteiger partial charge is 0.487 e. The predicted octanol–water partition coefficient (Wildman–Crippen LogP) is 4.96. The lowest BCUT2D eigenvalue weighted by Gasteiger charge is -2.32. The summed E-state index contributed by atoms with van der Waals surface area (Å²) in [5.74, 6) is 0.456. The lowest BCUT2D eigenvalue weighted by molar-refractivity contribution is -0.137. The zero-order valence-corrected chi connectivity index (χ0v) is 17.1. The molecule has 0 N–H and O–H groups in total. The van der Waals surface area contributed by atoms with Gasteiger partial charge in [-0.3, -0.25) is 4.90 Å². The van der Waals surface area contributed by atoms with E-state index in [1.807, 2.05) is 23.1 Å². The number of hydrogen-bond acceptors (Lipinski definition) is 5. The molecule has 31 heavy (non-hydrogen) atoms. The summed E-state index contributed by atoms with van der Waals surface area (Å²) >= 11 is 0. The Morgan fingerprint density at radius 1 is 1.06 bits per heavy atom. The highest BCUT2D eigenvalue weighted by molar-refractivity contribution is 6.08. The standard InChI is InChI=1S/C23H24F3N3O2/c24-23(25,26)17-6-7-21-20(14-17)29-11-8-19(27-31-13-12-28-9-1-2-10-28)18-5-3-4-16(15-30-21)22(18)29/h3-7,14H,1-2,8-13,15H2/b27-19-. The molecule has 0 aliphatic carbocycles. The fraction of sp³-hybridized carbons (Fsp3) is 0.435. The molecule has 1 fully saturated rings. The summed E-state index contributed by atoms with van der Waals surface area (Å²) in [6.45, 7) is 4.41. The van der Waals surface area contributed by atoms with Crippen LogP contribution in [-0.4, -0.2) is 43.4 Å². The fourth-order valence-corrected chi connectivity index (χ4v) is 4.54. The van der Waals surface area contributed by atoms with E-state index in [0.717, 1.165) is 48.2 Å². The van der Waals surface area contributed by atoms with Crippen molar-refractivity contribution in [2.75, 3.05) is 37.7 Å². The van der Waals surface area contributed by atoms with Crippen molar-refractivity contribution in [3.8, 4) is 5.75 Å². The Balaban J connectivity index is 1.44. The van der Waals surface area contributed by atoms with Crippen molar-refractivity contribution in [3.63, 3.8) is 0 Å². The monoisotopic (exact) mass is 431 g/mol. The normalized spacial score (nSPS) is 19.6. The highest BCUT2D eigenvalue weighted by Gasteiger charge is 2.35. The van der Waals surface area contributed by atoms with Crippen molar-refractivity contribution in [2.45, 2.75) is 32.0 Å². The number of para-hydroxylation sites is 1. The molecule has 0 unspecified atom stereocenters. The SMILES string of the molecule is FC(F)(F)c1ccc2c(c1)N1CC/C(=N/OCCN3CCCC3)c3cccc(c31)CO2. The molecule has 164 valence electrons. The molecule has 5 nitrogen and oxygen atoms in total. The molecule has 8 heteroatoms. The molecule has 3 aliphatic heterocycles. The van der Waals surface area contributed by atoms with Crippen molar-refractivity contribution in [3.05, 3.63) is 53.1 Å². The molecule has 0 atom stereocenters. The Morgan fingerprint density at radius 2 is 1.90 bits per heavy atom. The highest BCUT2D eigenvalue weighted by atomic mass is 19.4. The number of nitrogens with zero attached hydrogens (tertiary/aromatic N) is 3. The van der Waals surface area contributed by atoms with E-state index in [0.29, 0.717) is 37.6 Å². The number of ether oxygens (including phenoxy) is 1. The van der Waals surface area contributed by atoms with Gasteiger partial charge in [-0.1, -0.05) is 23.4 Å². The number of benzene rings is 2. The van der Waals surface area contributed by atoms with Gasteiger partial charge in [0.05, 0.1) is 22.6 Å². The highest BCUT2D eigenvalue weighted by Crippen LogP contribution is 2.45. The summed E-state index contributed by atoms with van der Waals surface area (Å²) in [6.07, 6.45) is -1.36. The number of halogens is 3. The first kappa shape index (κ1) is 20.2. The van der Waals surface area contributed by atoms with Gasteiger partial charge in [-0.2, -0.15) is 13.2 Å². The average molecular weight is 431 g/mol. The molecule has 3 aliphatic rings. The molecule has 0 aromatic heterocycles. The number of rotatable bonds is 4. The van der Waals surface area contributed by atoms with E-state index in [1.165, 1.54) is 25.0 Å². The summed E-state index contributed by atoms with van der Waals surface area (Å²) in [6, 6.07) is 9.48. The van der Waals surface area contributed by atoms with Gasteiger partial charge in [0, 0.05) is 30.6 Å². The first-order chi connectivity index (χ1) is 15.0. The van der Waals surface area contributed by atoms with Crippen molar-refractivity contribution in [1.82, 2.24) is 4.90 Å². The van der Waals surface area contributed by atoms with Crippen LogP contribution in [0.3, 0.4) is 0 Å². The number of fused-ring (bicyclic) bond motifs is 2. The number of oxime groups is 1. The minimum atomic E-state index is -4.41. The van der Waals surface area contributed by atoms with E-state index in [-0.39, 0.29) is 0 Å². The molecular weight excluding hydrogens is 407 g/mol. The van der Waals surface area contributed by atoms with E-state index in [1.54, 1.807) is 0 Å². The van der Waals surface area contributed by atoms with Gasteiger partial charge in [0.25, 0.3) is 0 Å². The van der Waals surface area contributed by atoms with Crippen LogP contribution in [0.5, 0.6) is 5.75 Å². The average Bonchev–Trinajstić information content (AvgIpc) is 3.22. The summed E-state index contributed by atoms with van der Waals surface area (Å²) in [4.78, 5) is 9.92. The molecule has 3 heterocycles. The van der Waals surface area contributed by atoms with Crippen LogP contribution >= 0.6 is 0 Å². The smallest absolute Gasteiger partial charge is 0.416 e. The molecular formula is C23H24F3N3O2. The van der Waals surface area contributed by atoms with Crippen molar-refractivity contribution >= 4 is 17.1 Å². The second kappa shape index (κ2) is 8.07. The van der Waals surface area contributed by atoms with E-state index in [9.17, 15) is 13.2 Å². The number of alkyl halides is 3. The molecule has 0 spiro atoms. The third-order valence-corrected chi connectivity index (χ3v) is 6.11. The lowest BCUT2D eigenvalue weighted by Crippen LogP contribution is -2.29. The molecule has 0 radical (unpaired) electrons. The van der Waals surface area contributed by atoms with Gasteiger partial charge in [0.15, 0.2) is 0 Å². The van der Waals surface area contributed by atoms with Crippen LogP contribution < -0.4 is 9.64 Å². The number of hydrogen-bond donors (Lipinski definition) is 0. The Bertz CT molecular complexity index is 1000. The van der Waals surface area contributed by atoms with Gasteiger partial charge < -0.3 is 14.5 Å². The second-order valence-electron chi connectivity index (χ2n) is 8.10. The number of anilines is 2. The van der Waals surface area contributed by atoms with Gasteiger partial charge in [-0.05, 0) is 44.1 Å². The Kier molecular flexibility index (Phi) is 5.25. The zero-order chi connectivity index (χ0) is 21.4. The van der Waals surface area contributed by atoms with Crippen molar-refractivity contribution in [2.24, 2.45) is 5.16 Å². The number of likely N-dealkylation sites (tertiary alicyclic amines) is 1. The van der Waals surface area contributed by atoms with Crippen LogP contribution in [0.4, 0.5) is 24.5 Å². The van der Waals surface area contributed by atoms with Gasteiger partial charge in [-0.25, -0.2) is 0 Å². The van der Waals surface area contributed by atoms with Crippen molar-refractivity contribution < 1.29 is 22.7 Å². The van der Waals surface area contributed by atoms with Crippen LogP contribution in [0.2, 0.25) is 0 Å². The first-order valence-corrected chi connectivity index (χ1v) is 10.7. The Hall–Kier alpha value is -2.74. The van der Waals surface area contributed by atoms with E-state index in [2.05, 4.69) is 10.1 Å². The summed E-state index contributed by atoms with van der Waals surface area (Å²) < 4.78 is 45.8. The lowest BCUT2D eigenvalue weighted by atomic mass is 9.95. The van der Waals surface area contributed by atoms with Crippen LogP contribution in [0, 0.1) is 0 Å². The predicted molar refractivity (Wildman–Crippen MR) is 112 cm³/mol. The fourth-order valence-electron chi connectivity index (χ4n) is 4.54. The summed E-state index contributed by atoms with van der Waals surface area (Å²) in [5.41, 5.74) is 3.25. The van der Waals surface area contributed by atoms with Crippen molar-refractivity contribution in [1.29, 1.82) is 0 Å².